The predicted octanol–water partition coefficient (Wildman–Crippen LogP) is 3.93. The number of amides is 1. The van der Waals surface area contributed by atoms with Crippen molar-refractivity contribution in [2.45, 2.75) is 34.1 Å². The molecular weight excluding hydrogens is 224 g/mol. The summed E-state index contributed by atoms with van der Waals surface area (Å²) in [7, 11) is 1.31. The van der Waals surface area contributed by atoms with E-state index in [2.05, 4.69) is 35.8 Å². The number of thiazole rings is 1. The predicted molar refractivity (Wildman–Crippen MR) is 70.1 cm³/mol. The average molecular weight is 246 g/mol. The standard InChI is InChI=1S/C6H8N2O2S.C5H12.H2/c1-4-7-5(3-11-4)8-6(9)10-2;1-4-5(2)3;/h3H,1-2H3,(H,8,9);5H,4H2,1-3H3;1H. The SMILES string of the molecule is CCC(C)C.COC(=O)Nc1csc(C)n1.[HH]. The number of ether oxygens (including phenoxy) is 1. The smallest absolute Gasteiger partial charge is 0.412 e. The number of methoxy groups -OCH3 is 1. The zero-order valence-electron chi connectivity index (χ0n) is 10.5. The molecule has 0 atom stereocenters. The summed E-state index contributed by atoms with van der Waals surface area (Å²) in [4.78, 5) is 14.6. The van der Waals surface area contributed by atoms with Gasteiger partial charge >= 0.3 is 6.09 Å². The van der Waals surface area contributed by atoms with Crippen LogP contribution >= 0.6 is 11.3 Å². The van der Waals surface area contributed by atoms with E-state index in [4.69, 9.17) is 0 Å². The maximum absolute atomic E-state index is 10.6. The van der Waals surface area contributed by atoms with Gasteiger partial charge < -0.3 is 4.74 Å². The molecule has 1 aromatic rings. The maximum atomic E-state index is 10.6. The molecule has 0 fully saturated rings. The van der Waals surface area contributed by atoms with Crippen molar-refractivity contribution in [2.24, 2.45) is 5.92 Å². The zero-order chi connectivity index (χ0) is 12.6. The molecule has 1 N–H and O–H groups in total. The van der Waals surface area contributed by atoms with Crippen molar-refractivity contribution in [3.63, 3.8) is 0 Å². The Morgan fingerprint density at radius 2 is 2.25 bits per heavy atom. The second-order valence-corrected chi connectivity index (χ2v) is 4.73. The molecule has 16 heavy (non-hydrogen) atoms. The van der Waals surface area contributed by atoms with E-state index in [-0.39, 0.29) is 1.43 Å². The number of aryl methyl sites for hydroxylation is 1. The van der Waals surface area contributed by atoms with Gasteiger partial charge in [0.15, 0.2) is 0 Å². The summed E-state index contributed by atoms with van der Waals surface area (Å²) in [5.41, 5.74) is 0. The van der Waals surface area contributed by atoms with Crippen LogP contribution in [0.25, 0.3) is 0 Å². The Kier molecular flexibility index (Phi) is 7.54. The first-order chi connectivity index (χ1) is 7.49. The number of nitrogens with zero attached hydrogens (tertiary/aromatic N) is 1. The summed E-state index contributed by atoms with van der Waals surface area (Å²) in [6.07, 6.45) is 0.815. The Morgan fingerprint density at radius 1 is 1.69 bits per heavy atom. The van der Waals surface area contributed by atoms with Crippen LogP contribution in [0.2, 0.25) is 0 Å². The van der Waals surface area contributed by atoms with Crippen molar-refractivity contribution >= 4 is 23.2 Å². The molecule has 5 heteroatoms. The minimum Gasteiger partial charge on any atom is -0.453 e. The molecule has 1 aromatic heterocycles. The molecule has 0 aromatic carbocycles. The first-order valence-corrected chi connectivity index (χ1v) is 6.14. The fourth-order valence-corrected chi connectivity index (χ4v) is 1.12. The minimum absolute atomic E-state index is 0. The lowest BCUT2D eigenvalue weighted by molar-refractivity contribution is 0.187. The molecule has 0 aliphatic carbocycles. The monoisotopic (exact) mass is 246 g/mol. The van der Waals surface area contributed by atoms with Gasteiger partial charge in [0.05, 0.1) is 12.1 Å². The Balaban J connectivity index is 0. The van der Waals surface area contributed by atoms with Gasteiger partial charge in [-0.3, -0.25) is 5.32 Å². The molecule has 1 amide bonds. The molecule has 0 aliphatic rings. The number of rotatable bonds is 2. The third kappa shape index (κ3) is 7.23. The lowest BCUT2D eigenvalue weighted by Crippen LogP contribution is -2.10. The number of carbonyl (C=O) groups excluding carboxylic acids is 1. The Morgan fingerprint density at radius 3 is 2.56 bits per heavy atom. The maximum Gasteiger partial charge on any atom is 0.412 e. The second kappa shape index (κ2) is 8.10. The van der Waals surface area contributed by atoms with E-state index in [1.165, 1.54) is 24.9 Å². The highest BCUT2D eigenvalue weighted by Crippen LogP contribution is 2.12. The van der Waals surface area contributed by atoms with E-state index in [0.29, 0.717) is 5.82 Å². The van der Waals surface area contributed by atoms with Crippen molar-refractivity contribution in [1.29, 1.82) is 0 Å². The topological polar surface area (TPSA) is 51.2 Å². The van der Waals surface area contributed by atoms with E-state index >= 15 is 0 Å². The van der Waals surface area contributed by atoms with E-state index in [0.717, 1.165) is 10.9 Å². The van der Waals surface area contributed by atoms with Crippen molar-refractivity contribution in [3.05, 3.63) is 10.4 Å². The second-order valence-electron chi connectivity index (χ2n) is 3.67. The van der Waals surface area contributed by atoms with Crippen LogP contribution in [0.5, 0.6) is 0 Å². The molecule has 0 unspecified atom stereocenters. The van der Waals surface area contributed by atoms with Gasteiger partial charge in [0.2, 0.25) is 0 Å². The molecule has 94 valence electrons. The summed E-state index contributed by atoms with van der Waals surface area (Å²) >= 11 is 1.48. The molecular formula is C11H22N2O2S. The number of hydrogen-bond acceptors (Lipinski definition) is 4. The van der Waals surface area contributed by atoms with Gasteiger partial charge in [-0.2, -0.15) is 0 Å². The molecule has 1 heterocycles. The number of carbonyl (C=O) groups is 1. The van der Waals surface area contributed by atoms with Crippen molar-refractivity contribution in [1.82, 2.24) is 4.98 Å². The van der Waals surface area contributed by atoms with Gasteiger partial charge in [-0.25, -0.2) is 9.78 Å². The van der Waals surface area contributed by atoms with E-state index in [1.807, 2.05) is 6.92 Å². The highest BCUT2D eigenvalue weighted by Gasteiger charge is 2.02. The first kappa shape index (κ1) is 14.9. The normalized spacial score (nSPS) is 9.38. The van der Waals surface area contributed by atoms with E-state index < -0.39 is 6.09 Å². The molecule has 0 spiro atoms. The van der Waals surface area contributed by atoms with Gasteiger partial charge in [-0.05, 0) is 12.8 Å². The average Bonchev–Trinajstić information content (AvgIpc) is 2.64. The number of aromatic nitrogens is 1. The Bertz CT molecular complexity index is 316. The van der Waals surface area contributed by atoms with E-state index in [9.17, 15) is 4.79 Å². The third-order valence-corrected chi connectivity index (χ3v) is 2.62. The van der Waals surface area contributed by atoms with Crippen LogP contribution in [0.4, 0.5) is 10.6 Å². The largest absolute Gasteiger partial charge is 0.453 e. The molecule has 1 rings (SSSR count). The molecule has 4 nitrogen and oxygen atoms in total. The number of hydrogen-bond donors (Lipinski definition) is 1. The fourth-order valence-electron chi connectivity index (χ4n) is 0.576. The van der Waals surface area contributed by atoms with E-state index in [1.54, 1.807) is 5.38 Å². The van der Waals surface area contributed by atoms with Crippen LogP contribution in [0.3, 0.4) is 0 Å². The van der Waals surface area contributed by atoms with Crippen LogP contribution in [0.15, 0.2) is 5.38 Å². The fraction of sp³-hybridized carbons (Fsp3) is 0.636. The third-order valence-electron chi connectivity index (χ3n) is 1.85. The summed E-state index contributed by atoms with van der Waals surface area (Å²) in [6, 6.07) is 0. The summed E-state index contributed by atoms with van der Waals surface area (Å²) in [5.74, 6) is 1.43. The summed E-state index contributed by atoms with van der Waals surface area (Å²) < 4.78 is 4.38. The van der Waals surface area contributed by atoms with Crippen molar-refractivity contribution < 1.29 is 11.0 Å². The van der Waals surface area contributed by atoms with Gasteiger partial charge in [-0.1, -0.05) is 27.2 Å². The van der Waals surface area contributed by atoms with Gasteiger partial charge in [-0.15, -0.1) is 11.3 Å². The first-order valence-electron chi connectivity index (χ1n) is 5.26. The minimum atomic E-state index is -0.490. The summed E-state index contributed by atoms with van der Waals surface area (Å²) in [5, 5.41) is 5.12. The Labute approximate surface area is 103 Å². The van der Waals surface area contributed by atoms with Crippen molar-refractivity contribution in [2.75, 3.05) is 12.4 Å². The lowest BCUT2D eigenvalue weighted by Gasteiger charge is -1.96. The number of anilines is 1. The van der Waals surface area contributed by atoms with Crippen LogP contribution in [-0.4, -0.2) is 18.2 Å². The molecule has 0 saturated heterocycles. The highest BCUT2D eigenvalue weighted by molar-refractivity contribution is 7.09. The van der Waals surface area contributed by atoms with Crippen LogP contribution in [0, 0.1) is 12.8 Å². The van der Waals surface area contributed by atoms with Crippen LogP contribution in [0.1, 0.15) is 33.6 Å². The van der Waals surface area contributed by atoms with Crippen LogP contribution in [-0.2, 0) is 4.74 Å². The summed E-state index contributed by atoms with van der Waals surface area (Å²) in [6.45, 7) is 8.51. The zero-order valence-corrected chi connectivity index (χ0v) is 11.4. The van der Waals surface area contributed by atoms with Gasteiger partial charge in [0.25, 0.3) is 0 Å². The molecule has 0 radical (unpaired) electrons. The highest BCUT2D eigenvalue weighted by atomic mass is 32.1. The van der Waals surface area contributed by atoms with Crippen molar-refractivity contribution in [3.8, 4) is 0 Å². The van der Waals surface area contributed by atoms with Gasteiger partial charge in [0, 0.05) is 6.81 Å². The lowest BCUT2D eigenvalue weighted by atomic mass is 10.2. The molecule has 0 saturated carbocycles. The number of nitrogens with one attached hydrogen (secondary N) is 1. The Hall–Kier alpha value is -1.10. The molecule has 0 aliphatic heterocycles. The van der Waals surface area contributed by atoms with Crippen LogP contribution < -0.4 is 5.32 Å². The van der Waals surface area contributed by atoms with Gasteiger partial charge in [0.1, 0.15) is 5.82 Å². The molecule has 0 bridgehead atoms. The quantitative estimate of drug-likeness (QED) is 0.860.